The molecule has 0 unspecified atom stereocenters. The molecule has 0 bridgehead atoms. The van der Waals surface area contributed by atoms with E-state index in [2.05, 4.69) is 28.8 Å². The van der Waals surface area contributed by atoms with Gasteiger partial charge in [-0.3, -0.25) is 0 Å². The third-order valence-corrected chi connectivity index (χ3v) is 2.87. The van der Waals surface area contributed by atoms with Gasteiger partial charge in [-0.1, -0.05) is 0 Å². The van der Waals surface area contributed by atoms with Gasteiger partial charge < -0.3 is 46.1 Å². The highest BCUT2D eigenvalue weighted by Gasteiger charge is 2.22. The van der Waals surface area contributed by atoms with Gasteiger partial charge in [0.15, 0.2) is 12.1 Å². The summed E-state index contributed by atoms with van der Waals surface area (Å²) in [4.78, 5) is 20.3. The van der Waals surface area contributed by atoms with E-state index in [0.29, 0.717) is 11.7 Å². The van der Waals surface area contributed by atoms with Crippen molar-refractivity contribution in [2.75, 3.05) is 17.4 Å². The Balaban J connectivity index is -0.000000208. The number of thiol groups is 1. The molecule has 10 heteroatoms. The fraction of sp³-hybridized carbons (Fsp3) is 0.714. The number of carboxylic acid groups (broad SMARTS) is 1. The minimum absolute atomic E-state index is 0. The molecule has 1 aliphatic heterocycles. The molecule has 1 heterocycles. The van der Waals surface area contributed by atoms with E-state index in [0.717, 1.165) is 5.75 Å². The molecule has 6 nitrogen and oxygen atoms in total. The van der Waals surface area contributed by atoms with Crippen molar-refractivity contribution in [2.24, 2.45) is 0 Å². The number of esters is 1. The number of hydrogen-bond donors (Lipinski definition) is 4. The molecule has 0 aromatic carbocycles. The van der Waals surface area contributed by atoms with E-state index < -0.39 is 12.0 Å². The summed E-state index contributed by atoms with van der Waals surface area (Å²) in [6, 6.07) is -0.711. The number of hydrogen-bond acceptors (Lipinski definition) is 5. The lowest BCUT2D eigenvalue weighted by atomic mass is 10.4. The van der Waals surface area contributed by atoms with Crippen molar-refractivity contribution in [1.29, 1.82) is 0 Å². The van der Waals surface area contributed by atoms with Crippen LogP contribution in [-0.4, -0.2) is 46.6 Å². The zero-order valence-corrected chi connectivity index (χ0v) is 12.2. The third kappa shape index (κ3) is 11.0. The lowest BCUT2D eigenvalue weighted by Gasteiger charge is -2.12. The second kappa shape index (κ2) is 12.6. The van der Waals surface area contributed by atoms with Crippen molar-refractivity contribution < 1.29 is 55.7 Å². The summed E-state index contributed by atoms with van der Waals surface area (Å²) < 4.78 is 4.65. The van der Waals surface area contributed by atoms with Gasteiger partial charge in [0.1, 0.15) is 5.94 Å². The van der Waals surface area contributed by atoms with Crippen LogP contribution in [0.5, 0.6) is 0 Å². The van der Waals surface area contributed by atoms with Crippen LogP contribution >= 0.6 is 24.4 Å². The van der Waals surface area contributed by atoms with Crippen molar-refractivity contribution in [3.05, 3.63) is 0 Å². The van der Waals surface area contributed by atoms with Crippen LogP contribution in [0.2, 0.25) is 0 Å². The predicted molar refractivity (Wildman–Crippen MR) is 58.3 cm³/mol. The number of aliphatic carboxylic acids is 1. The number of rotatable bonds is 2. The number of halogens is 2. The molecule has 0 aromatic heterocycles. The lowest BCUT2D eigenvalue weighted by molar-refractivity contribution is -0.401. The van der Waals surface area contributed by atoms with Crippen molar-refractivity contribution in [3.63, 3.8) is 0 Å². The van der Waals surface area contributed by atoms with E-state index in [9.17, 15) is 9.59 Å². The molecule has 0 radical (unpaired) electrons. The summed E-state index contributed by atoms with van der Waals surface area (Å²) in [5.74, 6) is 0.553. The highest BCUT2D eigenvalue weighted by Crippen LogP contribution is 2.08. The second-order valence-electron chi connectivity index (χ2n) is 2.87. The first-order valence-corrected chi connectivity index (χ1v) is 6.02. The van der Waals surface area contributed by atoms with Crippen LogP contribution in [0.1, 0.15) is 0 Å². The van der Waals surface area contributed by atoms with Crippen LogP contribution < -0.4 is 36.3 Å². The van der Waals surface area contributed by atoms with E-state index in [1.165, 1.54) is 0 Å². The molecule has 1 fully saturated rings. The molecule has 0 saturated carbocycles. The molecule has 7 N–H and O–H groups in total. The van der Waals surface area contributed by atoms with Crippen molar-refractivity contribution in [3.8, 4) is 0 Å². The molecule has 0 aromatic rings. The standard InChI is InChI=1S/C4H7NO2S.C3H7NO2S.2ClH/c5-3-1-8-2-7-4(3)6;4-2(1-7)3(5)6;;/h3H,1-2,5H2;2,7H,1,4H2,(H,5,6);2*1H/t3-;2-;;/m11../s1. The van der Waals surface area contributed by atoms with Crippen molar-refractivity contribution in [1.82, 2.24) is 0 Å². The Hall–Kier alpha value is 0.140. The minimum Gasteiger partial charge on any atom is -1.00 e. The molecule has 1 aliphatic rings. The van der Waals surface area contributed by atoms with Crippen LogP contribution in [0.3, 0.4) is 0 Å². The van der Waals surface area contributed by atoms with Crippen LogP contribution in [0, 0.1) is 0 Å². The number of cyclic esters (lactones) is 1. The number of thioether (sulfide) groups is 1. The van der Waals surface area contributed by atoms with E-state index >= 15 is 0 Å². The Labute approximate surface area is 121 Å². The maximum Gasteiger partial charge on any atom is 0.366 e. The molecule has 1 rings (SSSR count). The summed E-state index contributed by atoms with van der Waals surface area (Å²) in [6.45, 7) is 0. The predicted octanol–water partition coefficient (Wildman–Crippen LogP) is -8.54. The van der Waals surface area contributed by atoms with Crippen molar-refractivity contribution in [2.45, 2.75) is 12.1 Å². The van der Waals surface area contributed by atoms with Crippen molar-refractivity contribution >= 4 is 36.3 Å². The fourth-order valence-corrected chi connectivity index (χ4v) is 1.43. The number of carboxylic acids is 1. The average molecular weight is 327 g/mol. The summed E-state index contributed by atoms with van der Waals surface area (Å²) >= 11 is 5.31. The highest BCUT2D eigenvalue weighted by molar-refractivity contribution is 7.99. The second-order valence-corrected chi connectivity index (χ2v) is 4.21. The number of carbonyl (C=O) groups excluding carboxylic acids is 1. The Morgan fingerprint density at radius 1 is 1.65 bits per heavy atom. The third-order valence-electron chi connectivity index (χ3n) is 1.51. The smallest absolute Gasteiger partial charge is 0.366 e. The molecule has 0 spiro atoms. The van der Waals surface area contributed by atoms with E-state index in [1.54, 1.807) is 11.8 Å². The van der Waals surface area contributed by atoms with E-state index in [-0.39, 0.29) is 36.8 Å². The van der Waals surface area contributed by atoms with Gasteiger partial charge in [-0.15, -0.1) is 11.8 Å². The van der Waals surface area contributed by atoms with Gasteiger partial charge in [0.25, 0.3) is 0 Å². The summed E-state index contributed by atoms with van der Waals surface area (Å²) in [5.41, 5.74) is 6.86. The lowest BCUT2D eigenvalue weighted by Crippen LogP contribution is -3.00. The summed E-state index contributed by atoms with van der Waals surface area (Å²) in [7, 11) is 0. The van der Waals surface area contributed by atoms with Gasteiger partial charge in [-0.2, -0.15) is 12.6 Å². The van der Waals surface area contributed by atoms with Crippen LogP contribution in [0.25, 0.3) is 0 Å². The Kier molecular flexibility index (Phi) is 16.5. The molecule has 104 valence electrons. The van der Waals surface area contributed by atoms with E-state index in [4.69, 9.17) is 5.11 Å². The molecule has 2 atom stereocenters. The number of ether oxygens (including phenoxy) is 1. The highest BCUT2D eigenvalue weighted by atomic mass is 35.5. The molecule has 0 amide bonds. The fourth-order valence-electron chi connectivity index (χ4n) is 0.554. The minimum atomic E-state index is -0.894. The maximum atomic E-state index is 10.5. The first kappa shape index (κ1) is 22.3. The maximum absolute atomic E-state index is 10.5. The number of carbonyl (C=O) groups is 2. The first-order chi connectivity index (χ1) is 6.99. The molecular formula is C7H16Cl2N2O4S2. The number of quaternary nitrogens is 2. The average Bonchev–Trinajstić information content (AvgIpc) is 2.22. The normalized spacial score (nSPS) is 19.5. The summed E-state index contributed by atoms with van der Waals surface area (Å²) in [5, 5.41) is 8.07. The van der Waals surface area contributed by atoms with Gasteiger partial charge >= 0.3 is 11.9 Å². The topological polar surface area (TPSA) is 119 Å². The van der Waals surface area contributed by atoms with E-state index in [1.807, 2.05) is 0 Å². The van der Waals surface area contributed by atoms with Crippen LogP contribution in [0.15, 0.2) is 0 Å². The van der Waals surface area contributed by atoms with Gasteiger partial charge in [-0.25, -0.2) is 9.59 Å². The Bertz CT molecular complexity index is 236. The molecule has 0 aliphatic carbocycles. The van der Waals surface area contributed by atoms with Gasteiger partial charge in [-0.05, 0) is 0 Å². The van der Waals surface area contributed by atoms with Crippen LogP contribution in [-0.2, 0) is 14.3 Å². The largest absolute Gasteiger partial charge is 1.00 e. The SMILES string of the molecule is [Cl-].[Cl-].[NH3+][C@@H]1CSCOC1=O.[NH3+][C@H](CS)C(=O)O. The van der Waals surface area contributed by atoms with Gasteiger partial charge in [0, 0.05) is 0 Å². The molecule has 1 saturated heterocycles. The molecular weight excluding hydrogens is 311 g/mol. The zero-order valence-electron chi connectivity index (χ0n) is 8.97. The summed E-state index contributed by atoms with van der Waals surface area (Å²) in [6.07, 6.45) is 0. The molecule has 17 heavy (non-hydrogen) atoms. The van der Waals surface area contributed by atoms with Crippen LogP contribution in [0.4, 0.5) is 0 Å². The quantitative estimate of drug-likeness (QED) is 0.297. The first-order valence-electron chi connectivity index (χ1n) is 4.23. The van der Waals surface area contributed by atoms with Gasteiger partial charge in [0.05, 0.1) is 11.5 Å². The zero-order chi connectivity index (χ0) is 11.8. The Morgan fingerprint density at radius 2 is 2.18 bits per heavy atom. The van der Waals surface area contributed by atoms with Gasteiger partial charge in [0.2, 0.25) is 0 Å². The monoisotopic (exact) mass is 326 g/mol. The Morgan fingerprint density at radius 3 is 2.35 bits per heavy atom.